The Morgan fingerprint density at radius 3 is 2.64 bits per heavy atom. The van der Waals surface area contributed by atoms with Gasteiger partial charge in [0.2, 0.25) is 5.95 Å². The van der Waals surface area contributed by atoms with Crippen molar-refractivity contribution in [2.45, 2.75) is 32.3 Å². The van der Waals surface area contributed by atoms with Gasteiger partial charge in [0.15, 0.2) is 17.3 Å². The summed E-state index contributed by atoms with van der Waals surface area (Å²) in [5.74, 6) is -2.12. The minimum atomic E-state index is -5.00. The molecular weight excluding hydrogens is 566 g/mol. The molecule has 14 heteroatoms. The fourth-order valence-corrected chi connectivity index (χ4v) is 5.07. The number of aromatic nitrogens is 4. The minimum Gasteiger partial charge on any atom is -0.405 e. The summed E-state index contributed by atoms with van der Waals surface area (Å²) in [7, 11) is 0. The lowest BCUT2D eigenvalue weighted by atomic mass is 9.99. The lowest BCUT2D eigenvalue weighted by Crippen LogP contribution is -2.32. The molecule has 206 valence electrons. The van der Waals surface area contributed by atoms with Crippen molar-refractivity contribution < 1.29 is 26.7 Å². The zero-order valence-electron chi connectivity index (χ0n) is 20.1. The number of piperidine rings is 1. The molecule has 1 saturated heterocycles. The second-order valence-corrected chi connectivity index (χ2v) is 9.92. The van der Waals surface area contributed by atoms with E-state index in [9.17, 15) is 22.0 Å². The molecule has 1 fully saturated rings. The van der Waals surface area contributed by atoms with E-state index in [1.165, 1.54) is 18.3 Å². The number of halogens is 7. The van der Waals surface area contributed by atoms with Gasteiger partial charge in [-0.3, -0.25) is 0 Å². The van der Waals surface area contributed by atoms with Crippen LogP contribution in [-0.2, 0) is 13.1 Å². The van der Waals surface area contributed by atoms with Crippen molar-refractivity contribution in [2.75, 3.05) is 18.4 Å². The van der Waals surface area contributed by atoms with Gasteiger partial charge in [0, 0.05) is 18.1 Å². The first-order chi connectivity index (χ1) is 18.6. The van der Waals surface area contributed by atoms with Crippen molar-refractivity contribution >= 4 is 40.3 Å². The summed E-state index contributed by atoms with van der Waals surface area (Å²) in [4.78, 5) is 13.3. The Morgan fingerprint density at radius 1 is 1.10 bits per heavy atom. The van der Waals surface area contributed by atoms with Crippen LogP contribution in [0, 0.1) is 17.6 Å². The number of nitrogens with zero attached hydrogens (tertiary/aromatic N) is 4. The molecule has 39 heavy (non-hydrogen) atoms. The molecule has 1 aliphatic rings. The summed E-state index contributed by atoms with van der Waals surface area (Å²) < 4.78 is 72.7. The van der Waals surface area contributed by atoms with Crippen LogP contribution in [0.15, 0.2) is 36.5 Å². The molecule has 0 saturated carbocycles. The molecule has 0 spiro atoms. The lowest BCUT2D eigenvalue weighted by Gasteiger charge is -2.24. The molecule has 0 bridgehead atoms. The number of benzene rings is 2. The largest absolute Gasteiger partial charge is 0.573 e. The van der Waals surface area contributed by atoms with Crippen LogP contribution in [0.25, 0.3) is 22.6 Å². The van der Waals surface area contributed by atoms with Gasteiger partial charge in [-0.15, -0.1) is 13.2 Å². The molecule has 1 atom stereocenters. The van der Waals surface area contributed by atoms with E-state index in [1.807, 2.05) is 0 Å². The summed E-state index contributed by atoms with van der Waals surface area (Å²) in [5, 5.41) is 6.16. The summed E-state index contributed by atoms with van der Waals surface area (Å²) in [5.41, 5.74) is 1.04. The molecule has 7 nitrogen and oxygen atoms in total. The van der Waals surface area contributed by atoms with Gasteiger partial charge in [0.25, 0.3) is 0 Å². The number of imidazole rings is 1. The summed E-state index contributed by atoms with van der Waals surface area (Å²) in [6.45, 7) is 2.05. The number of ether oxygens (including phenoxy) is 1. The first kappa shape index (κ1) is 27.4. The average molecular weight is 587 g/mol. The predicted molar refractivity (Wildman–Crippen MR) is 137 cm³/mol. The van der Waals surface area contributed by atoms with E-state index in [0.29, 0.717) is 29.8 Å². The van der Waals surface area contributed by atoms with Gasteiger partial charge in [-0.25, -0.2) is 18.7 Å². The summed E-state index contributed by atoms with van der Waals surface area (Å²) in [6.07, 6.45) is -1.75. The lowest BCUT2D eigenvalue weighted by molar-refractivity contribution is -0.274. The monoisotopic (exact) mass is 586 g/mol. The highest BCUT2D eigenvalue weighted by molar-refractivity contribution is 6.36. The van der Waals surface area contributed by atoms with Gasteiger partial charge in [0.05, 0.1) is 16.8 Å². The Balaban J connectivity index is 1.58. The summed E-state index contributed by atoms with van der Waals surface area (Å²) in [6, 6.07) is 5.85. The highest BCUT2D eigenvalue weighted by Crippen LogP contribution is 2.42. The Bertz CT molecular complexity index is 1510. The smallest absolute Gasteiger partial charge is 0.405 e. The van der Waals surface area contributed by atoms with Crippen LogP contribution in [0.1, 0.15) is 18.4 Å². The second-order valence-electron chi connectivity index (χ2n) is 9.07. The minimum absolute atomic E-state index is 0.0364. The van der Waals surface area contributed by atoms with Crippen molar-refractivity contribution in [3.05, 3.63) is 63.8 Å². The average Bonchev–Trinajstić information content (AvgIpc) is 3.21. The molecular formula is C25H21Cl2F5N6O. The van der Waals surface area contributed by atoms with Crippen molar-refractivity contribution in [1.82, 2.24) is 24.8 Å². The Hall–Kier alpha value is -3.22. The van der Waals surface area contributed by atoms with Crippen LogP contribution in [0.2, 0.25) is 10.0 Å². The SMILES string of the molecule is Fc1ccc(CNc2ncc3nc(-c4c(Cl)cc(Cl)cc4OC(F)(F)F)n(CC4CCCNC4)c3n2)cc1F. The second kappa shape index (κ2) is 11.1. The molecule has 1 aliphatic heterocycles. The molecule has 1 unspecified atom stereocenters. The molecule has 0 amide bonds. The van der Waals surface area contributed by atoms with E-state index < -0.39 is 23.7 Å². The van der Waals surface area contributed by atoms with E-state index in [-0.39, 0.29) is 39.8 Å². The Labute approximate surface area is 229 Å². The van der Waals surface area contributed by atoms with Crippen molar-refractivity contribution in [2.24, 2.45) is 5.92 Å². The molecule has 0 radical (unpaired) electrons. The quantitative estimate of drug-likeness (QED) is 0.238. The Morgan fingerprint density at radius 2 is 1.92 bits per heavy atom. The standard InChI is InChI=1S/C25H21Cl2F5N6O/c26-15-7-16(27)21(20(8-15)39-25(30,31)32)23-36-19-11-35-24(34-10-13-3-4-17(28)18(29)6-13)37-22(19)38(23)12-14-2-1-5-33-9-14/h3-4,6-8,11,14,33H,1-2,5,9-10,12H2,(H,34,35,37). The first-order valence-corrected chi connectivity index (χ1v) is 12.7. The van der Waals surface area contributed by atoms with Crippen LogP contribution in [0.4, 0.5) is 27.9 Å². The van der Waals surface area contributed by atoms with Gasteiger partial charge in [0.1, 0.15) is 17.1 Å². The maximum atomic E-state index is 13.6. The van der Waals surface area contributed by atoms with E-state index in [2.05, 4.69) is 30.3 Å². The van der Waals surface area contributed by atoms with E-state index >= 15 is 0 Å². The van der Waals surface area contributed by atoms with Gasteiger partial charge < -0.3 is 19.9 Å². The van der Waals surface area contributed by atoms with Gasteiger partial charge >= 0.3 is 6.36 Å². The molecule has 5 rings (SSSR count). The fraction of sp³-hybridized carbons (Fsp3) is 0.320. The Kier molecular flexibility index (Phi) is 7.79. The molecule has 2 aromatic heterocycles. The number of alkyl halides is 3. The van der Waals surface area contributed by atoms with Gasteiger partial charge in [-0.2, -0.15) is 4.98 Å². The highest BCUT2D eigenvalue weighted by atomic mass is 35.5. The van der Waals surface area contributed by atoms with Crippen LogP contribution >= 0.6 is 23.2 Å². The third kappa shape index (κ3) is 6.34. The number of nitrogens with one attached hydrogen (secondary N) is 2. The molecule has 0 aliphatic carbocycles. The zero-order chi connectivity index (χ0) is 27.7. The number of rotatable bonds is 7. The maximum Gasteiger partial charge on any atom is 0.573 e. The van der Waals surface area contributed by atoms with E-state index in [4.69, 9.17) is 23.2 Å². The zero-order valence-corrected chi connectivity index (χ0v) is 21.6. The van der Waals surface area contributed by atoms with Crippen molar-refractivity contribution in [3.8, 4) is 17.1 Å². The van der Waals surface area contributed by atoms with Gasteiger partial charge in [-0.05, 0) is 61.7 Å². The van der Waals surface area contributed by atoms with E-state index in [1.54, 1.807) is 4.57 Å². The molecule has 3 heterocycles. The normalized spacial score (nSPS) is 16.0. The highest BCUT2D eigenvalue weighted by Gasteiger charge is 2.34. The topological polar surface area (TPSA) is 76.9 Å². The van der Waals surface area contributed by atoms with Crippen LogP contribution in [0.3, 0.4) is 0 Å². The number of fused-ring (bicyclic) bond motifs is 1. The number of hydrogen-bond donors (Lipinski definition) is 2. The van der Waals surface area contributed by atoms with E-state index in [0.717, 1.165) is 37.6 Å². The number of hydrogen-bond acceptors (Lipinski definition) is 6. The van der Waals surface area contributed by atoms with Crippen molar-refractivity contribution in [3.63, 3.8) is 0 Å². The maximum absolute atomic E-state index is 13.6. The van der Waals surface area contributed by atoms with Crippen LogP contribution < -0.4 is 15.4 Å². The third-order valence-corrected chi connectivity index (χ3v) is 6.75. The third-order valence-electron chi connectivity index (χ3n) is 6.23. The fourth-order valence-electron chi connectivity index (χ4n) is 4.51. The summed E-state index contributed by atoms with van der Waals surface area (Å²) >= 11 is 12.4. The van der Waals surface area contributed by atoms with Crippen molar-refractivity contribution in [1.29, 1.82) is 0 Å². The first-order valence-electron chi connectivity index (χ1n) is 11.9. The molecule has 2 N–H and O–H groups in total. The molecule has 2 aromatic carbocycles. The van der Waals surface area contributed by atoms with Crippen LogP contribution in [-0.4, -0.2) is 39.0 Å². The molecule has 4 aromatic rings. The van der Waals surface area contributed by atoms with Crippen LogP contribution in [0.5, 0.6) is 5.75 Å². The van der Waals surface area contributed by atoms with Gasteiger partial charge in [-0.1, -0.05) is 29.3 Å². The number of anilines is 1. The predicted octanol–water partition coefficient (Wildman–Crippen LogP) is 6.59.